The van der Waals surface area contributed by atoms with Gasteiger partial charge in [-0.2, -0.15) is 0 Å². The minimum Gasteiger partial charge on any atom is -0.444 e. The lowest BCUT2D eigenvalue weighted by Crippen LogP contribution is -1.84. The van der Waals surface area contributed by atoms with Crippen LogP contribution in [-0.2, 0) is 12.2 Å². The monoisotopic (exact) mass is 320 g/mol. The molecule has 0 saturated heterocycles. The molecule has 3 rings (SSSR count). The Morgan fingerprint density at radius 2 is 2.24 bits per heavy atom. The van der Waals surface area contributed by atoms with E-state index in [4.69, 9.17) is 16.0 Å². The van der Waals surface area contributed by atoms with Crippen molar-refractivity contribution >= 4 is 23.4 Å². The molecule has 0 spiro atoms. The zero-order chi connectivity index (χ0) is 14.7. The van der Waals surface area contributed by atoms with Crippen molar-refractivity contribution in [3.63, 3.8) is 0 Å². The van der Waals surface area contributed by atoms with Crippen molar-refractivity contribution in [2.24, 2.45) is 0 Å². The Balaban J connectivity index is 1.67. The Labute approximate surface area is 131 Å². The number of aryl methyl sites for hydroxylation is 1. The molecule has 21 heavy (non-hydrogen) atoms. The maximum atomic E-state index is 5.97. The van der Waals surface area contributed by atoms with Crippen LogP contribution in [0.25, 0.3) is 11.5 Å². The van der Waals surface area contributed by atoms with Crippen LogP contribution in [0.15, 0.2) is 40.1 Å². The molecule has 0 aliphatic rings. The summed E-state index contributed by atoms with van der Waals surface area (Å²) in [5, 5.41) is 8.40. The highest BCUT2D eigenvalue weighted by atomic mass is 35.5. The Morgan fingerprint density at radius 1 is 1.33 bits per heavy atom. The van der Waals surface area contributed by atoms with Gasteiger partial charge in [-0.3, -0.25) is 5.10 Å². The minimum atomic E-state index is 0.567. The second-order valence-corrected chi connectivity index (χ2v) is 5.74. The van der Waals surface area contributed by atoms with E-state index in [1.54, 1.807) is 6.26 Å². The van der Waals surface area contributed by atoms with E-state index in [-0.39, 0.29) is 0 Å². The smallest absolute Gasteiger partial charge is 0.226 e. The van der Waals surface area contributed by atoms with Gasteiger partial charge in [0, 0.05) is 22.8 Å². The van der Waals surface area contributed by atoms with Gasteiger partial charge in [0.25, 0.3) is 0 Å². The number of aromatic amines is 1. The highest BCUT2D eigenvalue weighted by Crippen LogP contribution is 2.24. The van der Waals surface area contributed by atoms with Gasteiger partial charge < -0.3 is 4.42 Å². The highest BCUT2D eigenvalue weighted by molar-refractivity contribution is 7.98. The fraction of sp³-hybridized carbons (Fsp3) is 0.214. The van der Waals surface area contributed by atoms with E-state index in [0.717, 1.165) is 28.7 Å². The zero-order valence-corrected chi connectivity index (χ0v) is 12.9. The van der Waals surface area contributed by atoms with Crippen LogP contribution in [0.2, 0.25) is 5.02 Å². The molecule has 0 aliphatic heterocycles. The number of rotatable bonds is 5. The topological polar surface area (TPSA) is 67.6 Å². The molecule has 0 saturated carbocycles. The summed E-state index contributed by atoms with van der Waals surface area (Å²) >= 11 is 7.48. The number of nitrogens with zero attached hydrogens (tertiary/aromatic N) is 3. The zero-order valence-electron chi connectivity index (χ0n) is 11.3. The van der Waals surface area contributed by atoms with Crippen molar-refractivity contribution in [2.75, 3.05) is 0 Å². The molecule has 2 aromatic heterocycles. The van der Waals surface area contributed by atoms with Gasteiger partial charge in [-0.15, -0.1) is 5.10 Å². The molecular formula is C14H13ClN4OS. The summed E-state index contributed by atoms with van der Waals surface area (Å²) in [6.45, 7) is 2.03. The standard InChI is InChI=1S/C14H13ClN4OS/c1-2-12-17-14(19-18-12)21-8-11-7-20-13(16-11)9-4-3-5-10(15)6-9/h3-7H,2,8H2,1H3,(H,17,18,19). The third-order valence-corrected chi connectivity index (χ3v) is 3.93. The van der Waals surface area contributed by atoms with Crippen molar-refractivity contribution < 1.29 is 4.42 Å². The van der Waals surface area contributed by atoms with E-state index in [2.05, 4.69) is 20.2 Å². The van der Waals surface area contributed by atoms with E-state index < -0.39 is 0 Å². The molecule has 0 bridgehead atoms. The summed E-state index contributed by atoms with van der Waals surface area (Å²) < 4.78 is 5.49. The number of hydrogen-bond donors (Lipinski definition) is 1. The minimum absolute atomic E-state index is 0.567. The summed E-state index contributed by atoms with van der Waals surface area (Å²) in [6.07, 6.45) is 2.49. The Kier molecular flexibility index (Phi) is 4.26. The van der Waals surface area contributed by atoms with Crippen molar-refractivity contribution in [1.29, 1.82) is 0 Å². The van der Waals surface area contributed by atoms with Crippen LogP contribution >= 0.6 is 23.4 Å². The van der Waals surface area contributed by atoms with Crippen LogP contribution < -0.4 is 0 Å². The molecule has 7 heteroatoms. The molecule has 3 aromatic rings. The third-order valence-electron chi connectivity index (χ3n) is 2.82. The number of thioether (sulfide) groups is 1. The first kappa shape index (κ1) is 14.2. The van der Waals surface area contributed by atoms with Gasteiger partial charge in [0.05, 0.1) is 5.69 Å². The third kappa shape index (κ3) is 3.46. The second kappa shape index (κ2) is 6.32. The van der Waals surface area contributed by atoms with E-state index in [1.807, 2.05) is 31.2 Å². The molecule has 0 radical (unpaired) electrons. The summed E-state index contributed by atoms with van der Waals surface area (Å²) in [7, 11) is 0. The number of oxazole rings is 1. The second-order valence-electron chi connectivity index (χ2n) is 4.36. The van der Waals surface area contributed by atoms with Crippen LogP contribution in [0.1, 0.15) is 18.4 Å². The van der Waals surface area contributed by atoms with Crippen molar-refractivity contribution in [3.8, 4) is 11.5 Å². The fourth-order valence-electron chi connectivity index (χ4n) is 1.77. The number of halogens is 1. The van der Waals surface area contributed by atoms with Gasteiger partial charge >= 0.3 is 0 Å². The lowest BCUT2D eigenvalue weighted by molar-refractivity contribution is 0.573. The van der Waals surface area contributed by atoms with Crippen LogP contribution in [0.5, 0.6) is 0 Å². The summed E-state index contributed by atoms with van der Waals surface area (Å²) in [5.41, 5.74) is 1.71. The number of aromatic nitrogens is 4. The predicted molar refractivity (Wildman–Crippen MR) is 82.3 cm³/mol. The van der Waals surface area contributed by atoms with Gasteiger partial charge in [0.1, 0.15) is 12.1 Å². The van der Waals surface area contributed by atoms with Gasteiger partial charge in [-0.1, -0.05) is 36.4 Å². The highest BCUT2D eigenvalue weighted by Gasteiger charge is 2.09. The Morgan fingerprint density at radius 3 is 3.00 bits per heavy atom. The molecule has 0 fully saturated rings. The van der Waals surface area contributed by atoms with Gasteiger partial charge in [0.15, 0.2) is 0 Å². The number of benzene rings is 1. The van der Waals surface area contributed by atoms with E-state index in [1.165, 1.54) is 11.8 Å². The van der Waals surface area contributed by atoms with Crippen LogP contribution in [0.3, 0.4) is 0 Å². The molecule has 5 nitrogen and oxygen atoms in total. The van der Waals surface area contributed by atoms with E-state index in [0.29, 0.717) is 16.7 Å². The van der Waals surface area contributed by atoms with Crippen LogP contribution in [0.4, 0.5) is 0 Å². The fourth-order valence-corrected chi connectivity index (χ4v) is 2.65. The summed E-state index contributed by atoms with van der Waals surface area (Å²) in [4.78, 5) is 8.79. The first-order valence-corrected chi connectivity index (χ1v) is 7.85. The molecule has 108 valence electrons. The lowest BCUT2D eigenvalue weighted by Gasteiger charge is -1.95. The van der Waals surface area contributed by atoms with Gasteiger partial charge in [0.2, 0.25) is 11.0 Å². The maximum Gasteiger partial charge on any atom is 0.226 e. The van der Waals surface area contributed by atoms with Crippen molar-refractivity contribution in [2.45, 2.75) is 24.3 Å². The van der Waals surface area contributed by atoms with E-state index >= 15 is 0 Å². The molecule has 0 atom stereocenters. The summed E-state index contributed by atoms with van der Waals surface area (Å²) in [6, 6.07) is 7.43. The van der Waals surface area contributed by atoms with Crippen LogP contribution in [0, 0.1) is 0 Å². The average molecular weight is 321 g/mol. The number of hydrogen-bond acceptors (Lipinski definition) is 5. The van der Waals surface area contributed by atoms with Crippen molar-refractivity contribution in [3.05, 3.63) is 47.1 Å². The quantitative estimate of drug-likeness (QED) is 0.720. The first-order valence-electron chi connectivity index (χ1n) is 6.49. The van der Waals surface area contributed by atoms with E-state index in [9.17, 15) is 0 Å². The summed E-state index contributed by atoms with van der Waals surface area (Å²) in [5.74, 6) is 2.11. The SMILES string of the molecule is CCc1nc(SCc2coc(-c3cccc(Cl)c3)n2)n[nH]1. The van der Waals surface area contributed by atoms with Gasteiger partial charge in [-0.05, 0) is 18.2 Å². The molecule has 0 aliphatic carbocycles. The number of H-pyrrole nitrogens is 1. The molecule has 1 aromatic carbocycles. The van der Waals surface area contributed by atoms with Crippen LogP contribution in [-0.4, -0.2) is 20.2 Å². The molecule has 0 amide bonds. The molecular weight excluding hydrogens is 308 g/mol. The molecule has 0 unspecified atom stereocenters. The largest absolute Gasteiger partial charge is 0.444 e. The Bertz CT molecular complexity index is 740. The lowest BCUT2D eigenvalue weighted by atomic mass is 10.2. The van der Waals surface area contributed by atoms with Crippen molar-refractivity contribution in [1.82, 2.24) is 20.2 Å². The average Bonchev–Trinajstić information content (AvgIpc) is 3.14. The normalized spacial score (nSPS) is 11.0. The predicted octanol–water partition coefficient (Wildman–Crippen LogP) is 3.97. The molecule has 1 N–H and O–H groups in total. The van der Waals surface area contributed by atoms with Gasteiger partial charge in [-0.25, -0.2) is 9.97 Å². The number of nitrogens with one attached hydrogen (secondary N) is 1. The maximum absolute atomic E-state index is 5.97. The Hall–Kier alpha value is -1.79. The molecule has 2 heterocycles. The first-order chi connectivity index (χ1) is 10.2.